The van der Waals surface area contributed by atoms with Crippen molar-refractivity contribution in [2.75, 3.05) is 0 Å². The molecule has 0 spiro atoms. The molecule has 18 heavy (non-hydrogen) atoms. The van der Waals surface area contributed by atoms with Crippen LogP contribution in [-0.4, -0.2) is 35.1 Å². The Kier molecular flexibility index (Phi) is 4.85. The van der Waals surface area contributed by atoms with Crippen LogP contribution in [0.5, 0.6) is 0 Å². The lowest BCUT2D eigenvalue weighted by Crippen LogP contribution is -2.27. The quantitative estimate of drug-likeness (QED) is 0.504. The summed E-state index contributed by atoms with van der Waals surface area (Å²) in [6.45, 7) is 0. The Hall–Kier alpha value is -2.38. The fourth-order valence-electron chi connectivity index (χ4n) is 1.14. The number of aliphatic carboxylic acids is 1. The molecule has 1 unspecified atom stereocenters. The molecule has 0 amide bonds. The van der Waals surface area contributed by atoms with E-state index < -0.39 is 30.0 Å². The molecular formula is C10H10O8. The van der Waals surface area contributed by atoms with E-state index in [1.165, 1.54) is 0 Å². The van der Waals surface area contributed by atoms with Gasteiger partial charge in [0.05, 0.1) is 6.42 Å². The zero-order valence-electron chi connectivity index (χ0n) is 9.16. The lowest BCUT2D eigenvalue weighted by molar-refractivity contribution is -0.255. The molecule has 0 fully saturated rings. The van der Waals surface area contributed by atoms with Crippen LogP contribution in [0.1, 0.15) is 19.3 Å². The van der Waals surface area contributed by atoms with Crippen molar-refractivity contribution >= 4 is 23.9 Å². The average Bonchev–Trinajstić information content (AvgIpc) is 2.31. The first-order valence-electron chi connectivity index (χ1n) is 5.02. The molecule has 8 nitrogen and oxygen atoms in total. The predicted molar refractivity (Wildman–Crippen MR) is 52.7 cm³/mol. The van der Waals surface area contributed by atoms with E-state index in [-0.39, 0.29) is 19.3 Å². The monoisotopic (exact) mass is 258 g/mol. The normalized spacial score (nSPS) is 23.8. The van der Waals surface area contributed by atoms with Crippen molar-refractivity contribution in [3.05, 3.63) is 12.2 Å². The number of ether oxygens (including phenoxy) is 1. The molecule has 0 bridgehead atoms. The molecule has 0 radical (unpaired) electrons. The molecule has 1 aliphatic heterocycles. The minimum Gasteiger partial charge on any atom is -0.479 e. The maximum absolute atomic E-state index is 11.1. The zero-order chi connectivity index (χ0) is 13.5. The number of cyclic esters (lactones) is 1. The number of carbonyl (C=O) groups excluding carboxylic acids is 3. The molecule has 1 aliphatic rings. The van der Waals surface area contributed by atoms with Crippen LogP contribution >= 0.6 is 0 Å². The summed E-state index contributed by atoms with van der Waals surface area (Å²) in [5, 5.41) is 8.77. The molecule has 0 saturated carbocycles. The van der Waals surface area contributed by atoms with Gasteiger partial charge in [-0.3, -0.25) is 0 Å². The highest BCUT2D eigenvalue weighted by Crippen LogP contribution is 2.08. The van der Waals surface area contributed by atoms with E-state index in [0.29, 0.717) is 12.2 Å². The van der Waals surface area contributed by atoms with Crippen LogP contribution in [0.15, 0.2) is 12.2 Å². The van der Waals surface area contributed by atoms with Crippen molar-refractivity contribution in [3.8, 4) is 0 Å². The molecule has 8 heteroatoms. The van der Waals surface area contributed by atoms with Gasteiger partial charge >= 0.3 is 23.9 Å². The maximum atomic E-state index is 11.1. The molecule has 0 aromatic rings. The first-order valence-corrected chi connectivity index (χ1v) is 5.02. The van der Waals surface area contributed by atoms with E-state index in [0.717, 1.165) is 0 Å². The second kappa shape index (κ2) is 6.38. The van der Waals surface area contributed by atoms with Crippen LogP contribution in [0.4, 0.5) is 0 Å². The van der Waals surface area contributed by atoms with Gasteiger partial charge < -0.3 is 9.84 Å². The number of hydrogen-bond acceptors (Lipinski definition) is 7. The summed E-state index contributed by atoms with van der Waals surface area (Å²) in [6, 6.07) is 0. The third-order valence-corrected chi connectivity index (χ3v) is 1.95. The Morgan fingerprint density at radius 1 is 1.17 bits per heavy atom. The first kappa shape index (κ1) is 13.7. The van der Waals surface area contributed by atoms with Gasteiger partial charge in [-0.2, -0.15) is 0 Å². The summed E-state index contributed by atoms with van der Waals surface area (Å²) in [5.74, 6) is -4.21. The number of rotatable bonds is 1. The Morgan fingerprint density at radius 3 is 2.50 bits per heavy atom. The summed E-state index contributed by atoms with van der Waals surface area (Å²) in [6.07, 6.45) is -0.102. The smallest absolute Gasteiger partial charge is 0.379 e. The highest BCUT2D eigenvalue weighted by molar-refractivity contribution is 5.92. The Morgan fingerprint density at radius 2 is 1.83 bits per heavy atom. The third-order valence-electron chi connectivity index (χ3n) is 1.95. The SMILES string of the molecule is O=C1/C=C\C(=O)OC(C(=O)O)CCCC(=O)OO1. The zero-order valence-corrected chi connectivity index (χ0v) is 9.16. The van der Waals surface area contributed by atoms with Gasteiger partial charge in [0, 0.05) is 12.2 Å². The number of esters is 1. The fourth-order valence-corrected chi connectivity index (χ4v) is 1.14. The van der Waals surface area contributed by atoms with Gasteiger partial charge in [0.1, 0.15) is 0 Å². The highest BCUT2D eigenvalue weighted by Gasteiger charge is 2.22. The van der Waals surface area contributed by atoms with Crippen LogP contribution < -0.4 is 0 Å². The molecule has 0 aromatic carbocycles. The topological polar surface area (TPSA) is 116 Å². The number of carbonyl (C=O) groups is 4. The van der Waals surface area contributed by atoms with E-state index in [9.17, 15) is 19.2 Å². The molecule has 1 N–H and O–H groups in total. The van der Waals surface area contributed by atoms with Crippen LogP contribution in [0.3, 0.4) is 0 Å². The van der Waals surface area contributed by atoms with Gasteiger partial charge in [-0.1, -0.05) is 0 Å². The molecule has 1 atom stereocenters. The third kappa shape index (κ3) is 4.64. The molecule has 0 aliphatic carbocycles. The van der Waals surface area contributed by atoms with Gasteiger partial charge in [-0.25, -0.2) is 29.0 Å². The van der Waals surface area contributed by atoms with E-state index in [1.807, 2.05) is 0 Å². The van der Waals surface area contributed by atoms with Crippen molar-refractivity contribution in [3.63, 3.8) is 0 Å². The van der Waals surface area contributed by atoms with E-state index >= 15 is 0 Å². The van der Waals surface area contributed by atoms with Crippen molar-refractivity contribution in [1.29, 1.82) is 0 Å². The average molecular weight is 258 g/mol. The van der Waals surface area contributed by atoms with Crippen LogP contribution in [0.2, 0.25) is 0 Å². The summed E-state index contributed by atoms with van der Waals surface area (Å²) < 4.78 is 4.58. The largest absolute Gasteiger partial charge is 0.479 e. The molecule has 98 valence electrons. The minimum absolute atomic E-state index is 0.0437. The van der Waals surface area contributed by atoms with Crippen molar-refractivity contribution in [2.45, 2.75) is 25.4 Å². The first-order chi connectivity index (χ1) is 8.49. The van der Waals surface area contributed by atoms with Crippen LogP contribution in [0, 0.1) is 0 Å². The molecule has 1 rings (SSSR count). The minimum atomic E-state index is -1.37. The van der Waals surface area contributed by atoms with Gasteiger partial charge in [-0.15, -0.1) is 0 Å². The highest BCUT2D eigenvalue weighted by atomic mass is 17.2. The van der Waals surface area contributed by atoms with Crippen LogP contribution in [-0.2, 0) is 33.7 Å². The van der Waals surface area contributed by atoms with Crippen molar-refractivity contribution in [2.24, 2.45) is 0 Å². The summed E-state index contributed by atoms with van der Waals surface area (Å²) >= 11 is 0. The fraction of sp³-hybridized carbons (Fsp3) is 0.400. The van der Waals surface area contributed by atoms with Crippen LogP contribution in [0.25, 0.3) is 0 Å². The van der Waals surface area contributed by atoms with E-state index in [2.05, 4.69) is 14.5 Å². The second-order valence-corrected chi connectivity index (χ2v) is 3.35. The van der Waals surface area contributed by atoms with Crippen molar-refractivity contribution < 1.29 is 38.8 Å². The molecule has 1 heterocycles. The van der Waals surface area contributed by atoms with E-state index in [4.69, 9.17) is 5.11 Å². The van der Waals surface area contributed by atoms with Crippen molar-refractivity contribution in [1.82, 2.24) is 0 Å². The predicted octanol–water partition coefficient (Wildman–Crippen LogP) is -0.276. The van der Waals surface area contributed by atoms with Gasteiger partial charge in [0.25, 0.3) is 0 Å². The van der Waals surface area contributed by atoms with Gasteiger partial charge in [0.15, 0.2) is 6.10 Å². The summed E-state index contributed by atoms with van der Waals surface area (Å²) in [5.41, 5.74) is 0. The maximum Gasteiger partial charge on any atom is 0.379 e. The number of hydrogen-bond donors (Lipinski definition) is 1. The Labute approximate surface area is 101 Å². The second-order valence-electron chi connectivity index (χ2n) is 3.35. The lowest BCUT2D eigenvalue weighted by atomic mass is 10.1. The van der Waals surface area contributed by atoms with Gasteiger partial charge in [0.2, 0.25) is 0 Å². The Bertz CT molecular complexity index is 397. The van der Waals surface area contributed by atoms with Gasteiger partial charge in [-0.05, 0) is 12.8 Å². The molecular weight excluding hydrogens is 248 g/mol. The number of carboxylic acid groups (broad SMARTS) is 1. The summed E-state index contributed by atoms with van der Waals surface area (Å²) in [7, 11) is 0. The lowest BCUT2D eigenvalue weighted by Gasteiger charge is -2.12. The summed E-state index contributed by atoms with van der Waals surface area (Å²) in [4.78, 5) is 52.0. The van der Waals surface area contributed by atoms with E-state index in [1.54, 1.807) is 0 Å². The number of carboxylic acids is 1. The molecule has 0 aromatic heterocycles. The standard InChI is InChI=1S/C10H10O8/c11-7-4-5-9(13)18-17-8(12)3-1-2-6(16-7)10(14)15/h4-6H,1-3H2,(H,14,15)/b5-4-. The molecule has 0 saturated heterocycles. The Balaban J connectivity index is 2.75.